The van der Waals surface area contributed by atoms with Crippen LogP contribution in [-0.2, 0) is 6.61 Å². The third-order valence-electron chi connectivity index (χ3n) is 1.65. The molecule has 0 amide bonds. The monoisotopic (exact) mass is 167 g/mol. The minimum atomic E-state index is -0.870. The van der Waals surface area contributed by atoms with E-state index in [0.717, 1.165) is 0 Å². The lowest BCUT2D eigenvalue weighted by atomic mass is 10.2. The molecule has 1 aromatic carbocycles. The summed E-state index contributed by atoms with van der Waals surface area (Å²) in [5.41, 5.74) is 1.32. The molecule has 2 aromatic rings. The summed E-state index contributed by atoms with van der Waals surface area (Å²) in [5, 5.41) is 8.84. The standard InChI is InChI=1S/C8H6FNO2/c9-8-10-7-5(4-11)2-1-3-6(7)12-8/h1-3,11H,4H2. The van der Waals surface area contributed by atoms with Crippen LogP contribution in [0.3, 0.4) is 0 Å². The summed E-state index contributed by atoms with van der Waals surface area (Å²) in [4.78, 5) is 3.49. The van der Waals surface area contributed by atoms with Crippen LogP contribution in [0.4, 0.5) is 4.39 Å². The third kappa shape index (κ3) is 0.967. The number of aromatic nitrogens is 1. The minimum Gasteiger partial charge on any atom is -0.415 e. The molecular weight excluding hydrogens is 161 g/mol. The molecule has 4 heteroatoms. The van der Waals surface area contributed by atoms with Crippen molar-refractivity contribution in [1.82, 2.24) is 4.98 Å². The third-order valence-corrected chi connectivity index (χ3v) is 1.65. The highest BCUT2D eigenvalue weighted by atomic mass is 19.1. The van der Waals surface area contributed by atoms with Gasteiger partial charge in [0.2, 0.25) is 0 Å². The Morgan fingerprint density at radius 3 is 3.08 bits per heavy atom. The van der Waals surface area contributed by atoms with Gasteiger partial charge in [0.25, 0.3) is 0 Å². The second-order valence-electron chi connectivity index (χ2n) is 2.39. The number of aliphatic hydroxyl groups is 1. The van der Waals surface area contributed by atoms with Crippen molar-refractivity contribution in [2.24, 2.45) is 0 Å². The second kappa shape index (κ2) is 2.57. The number of rotatable bonds is 1. The van der Waals surface area contributed by atoms with Crippen molar-refractivity contribution >= 4 is 11.1 Å². The smallest absolute Gasteiger partial charge is 0.382 e. The summed E-state index contributed by atoms with van der Waals surface area (Å²) in [5.74, 6) is 0. The van der Waals surface area contributed by atoms with Gasteiger partial charge in [0.05, 0.1) is 6.61 Å². The van der Waals surface area contributed by atoms with Crippen molar-refractivity contribution in [3.05, 3.63) is 29.9 Å². The first-order valence-electron chi connectivity index (χ1n) is 3.46. The van der Waals surface area contributed by atoms with E-state index in [4.69, 9.17) is 5.11 Å². The summed E-state index contributed by atoms with van der Waals surface area (Å²) >= 11 is 0. The Bertz CT molecular complexity index is 410. The molecule has 0 aliphatic rings. The van der Waals surface area contributed by atoms with Gasteiger partial charge in [0, 0.05) is 5.56 Å². The molecule has 1 aromatic heterocycles. The van der Waals surface area contributed by atoms with Gasteiger partial charge in [0.1, 0.15) is 5.52 Å². The lowest BCUT2D eigenvalue weighted by Gasteiger charge is -1.93. The normalized spacial score (nSPS) is 10.8. The average molecular weight is 167 g/mol. The average Bonchev–Trinajstić information content (AvgIpc) is 2.44. The van der Waals surface area contributed by atoms with E-state index in [2.05, 4.69) is 9.40 Å². The zero-order valence-electron chi connectivity index (χ0n) is 6.12. The highest BCUT2D eigenvalue weighted by molar-refractivity contribution is 5.75. The number of benzene rings is 1. The number of para-hydroxylation sites is 1. The fourth-order valence-corrected chi connectivity index (χ4v) is 1.11. The Kier molecular flexibility index (Phi) is 1.55. The first kappa shape index (κ1) is 7.24. The highest BCUT2D eigenvalue weighted by Crippen LogP contribution is 2.18. The molecule has 0 spiro atoms. The number of oxazole rings is 1. The maximum atomic E-state index is 12.5. The molecule has 0 bridgehead atoms. The molecule has 0 saturated carbocycles. The van der Waals surface area contributed by atoms with Crippen molar-refractivity contribution in [2.45, 2.75) is 6.61 Å². The van der Waals surface area contributed by atoms with Crippen molar-refractivity contribution in [2.75, 3.05) is 0 Å². The maximum Gasteiger partial charge on any atom is 0.382 e. The first-order chi connectivity index (χ1) is 5.81. The molecule has 0 fully saturated rings. The fraction of sp³-hybridized carbons (Fsp3) is 0.125. The minimum absolute atomic E-state index is 0.163. The molecule has 3 nitrogen and oxygen atoms in total. The molecule has 0 unspecified atom stereocenters. The van der Waals surface area contributed by atoms with E-state index < -0.39 is 6.14 Å². The molecule has 0 atom stereocenters. The van der Waals surface area contributed by atoms with E-state index in [-0.39, 0.29) is 6.61 Å². The number of fused-ring (bicyclic) bond motifs is 1. The van der Waals surface area contributed by atoms with Crippen LogP contribution >= 0.6 is 0 Å². The lowest BCUT2D eigenvalue weighted by Crippen LogP contribution is -1.84. The van der Waals surface area contributed by atoms with Gasteiger partial charge in [-0.2, -0.15) is 4.98 Å². The predicted molar refractivity (Wildman–Crippen MR) is 39.9 cm³/mol. The summed E-state index contributed by atoms with van der Waals surface area (Å²) in [6.07, 6.45) is -0.870. The second-order valence-corrected chi connectivity index (χ2v) is 2.39. The van der Waals surface area contributed by atoms with Gasteiger partial charge in [-0.25, -0.2) is 0 Å². The van der Waals surface area contributed by atoms with Gasteiger partial charge in [-0.05, 0) is 6.07 Å². The molecule has 0 aliphatic carbocycles. The molecule has 0 saturated heterocycles. The Morgan fingerprint density at radius 2 is 2.33 bits per heavy atom. The van der Waals surface area contributed by atoms with Gasteiger partial charge in [-0.15, -0.1) is 4.39 Å². The van der Waals surface area contributed by atoms with Gasteiger partial charge in [-0.1, -0.05) is 12.1 Å². The van der Waals surface area contributed by atoms with E-state index in [0.29, 0.717) is 16.7 Å². The molecule has 2 rings (SSSR count). The summed E-state index contributed by atoms with van der Waals surface area (Å²) in [6.45, 7) is -0.163. The Labute approximate surface area is 67.5 Å². The zero-order chi connectivity index (χ0) is 8.55. The van der Waals surface area contributed by atoms with Crippen LogP contribution in [0.1, 0.15) is 5.56 Å². The van der Waals surface area contributed by atoms with Crippen LogP contribution in [0, 0.1) is 6.14 Å². The maximum absolute atomic E-state index is 12.5. The van der Waals surface area contributed by atoms with Crippen LogP contribution in [0.5, 0.6) is 0 Å². The number of nitrogens with zero attached hydrogens (tertiary/aromatic N) is 1. The lowest BCUT2D eigenvalue weighted by molar-refractivity contribution is 0.283. The van der Waals surface area contributed by atoms with Crippen molar-refractivity contribution < 1.29 is 13.9 Å². The van der Waals surface area contributed by atoms with Crippen LogP contribution in [0.15, 0.2) is 22.6 Å². The predicted octanol–water partition coefficient (Wildman–Crippen LogP) is 1.46. The molecule has 12 heavy (non-hydrogen) atoms. The molecule has 1 heterocycles. The van der Waals surface area contributed by atoms with E-state index in [9.17, 15) is 4.39 Å². The topological polar surface area (TPSA) is 46.3 Å². The molecule has 0 radical (unpaired) electrons. The van der Waals surface area contributed by atoms with Gasteiger partial charge >= 0.3 is 6.14 Å². The number of hydrogen-bond donors (Lipinski definition) is 1. The molecular formula is C8H6FNO2. The Hall–Kier alpha value is -1.42. The van der Waals surface area contributed by atoms with Crippen LogP contribution < -0.4 is 0 Å². The van der Waals surface area contributed by atoms with Crippen LogP contribution in [0.25, 0.3) is 11.1 Å². The van der Waals surface area contributed by atoms with Crippen LogP contribution in [-0.4, -0.2) is 10.1 Å². The Morgan fingerprint density at radius 1 is 1.50 bits per heavy atom. The largest absolute Gasteiger partial charge is 0.415 e. The van der Waals surface area contributed by atoms with Gasteiger partial charge in [-0.3, -0.25) is 0 Å². The highest BCUT2D eigenvalue weighted by Gasteiger charge is 2.07. The summed E-state index contributed by atoms with van der Waals surface area (Å²) < 4.78 is 17.1. The molecule has 0 aliphatic heterocycles. The van der Waals surface area contributed by atoms with Crippen LogP contribution in [0.2, 0.25) is 0 Å². The zero-order valence-corrected chi connectivity index (χ0v) is 6.12. The van der Waals surface area contributed by atoms with E-state index >= 15 is 0 Å². The molecule has 62 valence electrons. The van der Waals surface area contributed by atoms with Crippen molar-refractivity contribution in [1.29, 1.82) is 0 Å². The SMILES string of the molecule is OCc1cccc2oc(F)nc12. The quantitative estimate of drug-likeness (QED) is 0.699. The first-order valence-corrected chi connectivity index (χ1v) is 3.46. The van der Waals surface area contributed by atoms with Gasteiger partial charge in [0.15, 0.2) is 5.58 Å². The van der Waals surface area contributed by atoms with Gasteiger partial charge < -0.3 is 9.52 Å². The van der Waals surface area contributed by atoms with E-state index in [1.807, 2.05) is 0 Å². The van der Waals surface area contributed by atoms with Crippen molar-refractivity contribution in [3.63, 3.8) is 0 Å². The summed E-state index contributed by atoms with van der Waals surface area (Å²) in [6, 6.07) is 4.95. The fourth-order valence-electron chi connectivity index (χ4n) is 1.11. The number of hydrogen-bond acceptors (Lipinski definition) is 3. The van der Waals surface area contributed by atoms with Crippen molar-refractivity contribution in [3.8, 4) is 0 Å². The molecule has 1 N–H and O–H groups in total. The number of aliphatic hydroxyl groups excluding tert-OH is 1. The number of halogens is 1. The van der Waals surface area contributed by atoms with E-state index in [1.165, 1.54) is 0 Å². The van der Waals surface area contributed by atoms with E-state index in [1.54, 1.807) is 18.2 Å². The Balaban J connectivity index is 2.78. The summed E-state index contributed by atoms with van der Waals surface area (Å²) in [7, 11) is 0.